The minimum Gasteiger partial charge on any atom is -0.490 e. The molecule has 0 atom stereocenters. The number of fused-ring (bicyclic) bond motifs is 2. The van der Waals surface area contributed by atoms with Crippen molar-refractivity contribution in [1.29, 1.82) is 0 Å². The first-order valence-electron chi connectivity index (χ1n) is 12.5. The van der Waals surface area contributed by atoms with Gasteiger partial charge >= 0.3 is 0 Å². The van der Waals surface area contributed by atoms with Crippen LogP contribution in [0.25, 0.3) is 33.5 Å². The summed E-state index contributed by atoms with van der Waals surface area (Å²) in [5.41, 5.74) is 1.43. The Kier molecular flexibility index (Phi) is 7.51. The van der Waals surface area contributed by atoms with Crippen LogP contribution in [0.15, 0.2) is 79.4 Å². The molecule has 3 aromatic carbocycles. The zero-order valence-corrected chi connectivity index (χ0v) is 24.3. The van der Waals surface area contributed by atoms with Crippen LogP contribution in [0.4, 0.5) is 0 Å². The second-order valence-electron chi connectivity index (χ2n) is 10.2. The molecule has 0 fully saturated rings. The standard InChI is InChI=1S/C30H27BrClN3O4/c1-5-37-23-15-19(25(31)26(32)27(23)38-17-30(2,3)4)16-33-35-28(24-14-18-10-6-9-13-22(18)39-24)34-21-12-8-7-11-20(21)29(35)36/h6-16H,5,17H2,1-4H3. The van der Waals surface area contributed by atoms with Gasteiger partial charge in [0.15, 0.2) is 17.3 Å². The first-order chi connectivity index (χ1) is 18.7. The van der Waals surface area contributed by atoms with Gasteiger partial charge in [0.25, 0.3) is 5.56 Å². The molecule has 0 aliphatic heterocycles. The average molecular weight is 609 g/mol. The molecule has 0 saturated heterocycles. The Morgan fingerprint density at radius 3 is 2.59 bits per heavy atom. The van der Waals surface area contributed by atoms with Gasteiger partial charge in [-0.2, -0.15) is 9.78 Å². The maximum Gasteiger partial charge on any atom is 0.282 e. The molecule has 0 amide bonds. The highest BCUT2D eigenvalue weighted by atomic mass is 79.9. The number of nitrogens with zero attached hydrogens (tertiary/aromatic N) is 3. The summed E-state index contributed by atoms with van der Waals surface area (Å²) in [7, 11) is 0. The van der Waals surface area contributed by atoms with E-state index in [4.69, 9.17) is 30.5 Å². The van der Waals surface area contributed by atoms with Crippen molar-refractivity contribution in [3.63, 3.8) is 0 Å². The van der Waals surface area contributed by atoms with Gasteiger partial charge in [0.1, 0.15) is 10.6 Å². The normalized spacial score (nSPS) is 12.1. The van der Waals surface area contributed by atoms with E-state index in [1.54, 1.807) is 24.3 Å². The zero-order valence-electron chi connectivity index (χ0n) is 22.0. The summed E-state index contributed by atoms with van der Waals surface area (Å²) >= 11 is 10.3. The van der Waals surface area contributed by atoms with Gasteiger partial charge in [-0.1, -0.05) is 62.7 Å². The largest absolute Gasteiger partial charge is 0.490 e. The molecule has 0 spiro atoms. The second-order valence-corrected chi connectivity index (χ2v) is 11.3. The molecule has 0 aliphatic rings. The molecule has 0 aliphatic carbocycles. The van der Waals surface area contributed by atoms with Crippen LogP contribution in [0.5, 0.6) is 11.5 Å². The van der Waals surface area contributed by atoms with Crippen molar-refractivity contribution in [3.8, 4) is 23.1 Å². The maximum absolute atomic E-state index is 13.6. The Balaban J connectivity index is 1.65. The van der Waals surface area contributed by atoms with E-state index in [1.165, 1.54) is 10.9 Å². The SMILES string of the molecule is CCOc1cc(C=Nn2c(-c3cc4ccccc4o3)nc3ccccc3c2=O)c(Br)c(Cl)c1OCC(C)(C)C. The Hall–Kier alpha value is -3.62. The summed E-state index contributed by atoms with van der Waals surface area (Å²) in [6.07, 6.45) is 1.54. The Labute approximate surface area is 239 Å². The third-order valence-corrected chi connectivity index (χ3v) is 7.26. The van der Waals surface area contributed by atoms with Gasteiger partial charge in [-0.15, -0.1) is 0 Å². The summed E-state index contributed by atoms with van der Waals surface area (Å²) in [5.74, 6) is 1.64. The summed E-state index contributed by atoms with van der Waals surface area (Å²) in [6, 6.07) is 18.4. The fraction of sp³-hybridized carbons (Fsp3) is 0.233. The lowest BCUT2D eigenvalue weighted by Gasteiger charge is -2.22. The average Bonchev–Trinajstić information content (AvgIpc) is 3.34. The summed E-state index contributed by atoms with van der Waals surface area (Å²) in [5, 5.41) is 6.25. The van der Waals surface area contributed by atoms with Crippen molar-refractivity contribution in [3.05, 3.63) is 86.1 Å². The van der Waals surface area contributed by atoms with Gasteiger partial charge in [0.05, 0.1) is 30.3 Å². The molecule has 39 heavy (non-hydrogen) atoms. The van der Waals surface area contributed by atoms with E-state index in [0.29, 0.717) is 62.0 Å². The molecule has 0 saturated carbocycles. The molecule has 0 unspecified atom stereocenters. The summed E-state index contributed by atoms with van der Waals surface area (Å²) in [6.45, 7) is 8.98. The van der Waals surface area contributed by atoms with Crippen molar-refractivity contribution in [2.75, 3.05) is 13.2 Å². The minimum absolute atomic E-state index is 0.0727. The fourth-order valence-corrected chi connectivity index (χ4v) is 4.64. The predicted molar refractivity (Wildman–Crippen MR) is 159 cm³/mol. The third kappa shape index (κ3) is 5.58. The van der Waals surface area contributed by atoms with Crippen LogP contribution in [0.1, 0.15) is 33.3 Å². The van der Waals surface area contributed by atoms with Crippen LogP contribution >= 0.6 is 27.5 Å². The van der Waals surface area contributed by atoms with Gasteiger partial charge < -0.3 is 13.9 Å². The number of hydrogen-bond donors (Lipinski definition) is 0. The van der Waals surface area contributed by atoms with E-state index in [-0.39, 0.29) is 16.8 Å². The molecular weight excluding hydrogens is 582 g/mol. The number of furan rings is 1. The van der Waals surface area contributed by atoms with E-state index in [2.05, 4.69) is 41.8 Å². The quantitative estimate of drug-likeness (QED) is 0.175. The molecule has 0 bridgehead atoms. The van der Waals surface area contributed by atoms with E-state index in [1.807, 2.05) is 43.3 Å². The molecule has 5 aromatic rings. The molecular formula is C30H27BrClN3O4. The molecule has 5 rings (SSSR count). The van der Waals surface area contributed by atoms with Crippen LogP contribution in [0.3, 0.4) is 0 Å². The van der Waals surface area contributed by atoms with Crippen LogP contribution in [0, 0.1) is 5.41 Å². The van der Waals surface area contributed by atoms with Crippen molar-refractivity contribution < 1.29 is 13.9 Å². The number of hydrogen-bond acceptors (Lipinski definition) is 6. The highest BCUT2D eigenvalue weighted by molar-refractivity contribution is 9.10. The van der Waals surface area contributed by atoms with Crippen molar-refractivity contribution >= 4 is 55.6 Å². The van der Waals surface area contributed by atoms with Gasteiger partial charge in [-0.25, -0.2) is 4.98 Å². The van der Waals surface area contributed by atoms with Crippen LogP contribution in [0.2, 0.25) is 5.02 Å². The molecule has 0 radical (unpaired) electrons. The van der Waals surface area contributed by atoms with E-state index < -0.39 is 0 Å². The van der Waals surface area contributed by atoms with Gasteiger partial charge in [0.2, 0.25) is 5.82 Å². The Bertz CT molecular complexity index is 1740. The number of aromatic nitrogens is 2. The predicted octanol–water partition coefficient (Wildman–Crippen LogP) is 7.93. The Morgan fingerprint density at radius 2 is 1.85 bits per heavy atom. The monoisotopic (exact) mass is 607 g/mol. The number of rotatable bonds is 7. The lowest BCUT2D eigenvalue weighted by molar-refractivity contribution is 0.188. The van der Waals surface area contributed by atoms with Crippen molar-refractivity contribution in [1.82, 2.24) is 9.66 Å². The number of halogens is 2. The summed E-state index contributed by atoms with van der Waals surface area (Å²) in [4.78, 5) is 18.3. The lowest BCUT2D eigenvalue weighted by Crippen LogP contribution is -2.20. The Morgan fingerprint density at radius 1 is 1.10 bits per heavy atom. The van der Waals surface area contributed by atoms with Crippen molar-refractivity contribution in [2.24, 2.45) is 10.5 Å². The topological polar surface area (TPSA) is 78.9 Å². The van der Waals surface area contributed by atoms with Gasteiger partial charge in [0, 0.05) is 15.4 Å². The zero-order chi connectivity index (χ0) is 27.7. The molecule has 2 aromatic heterocycles. The molecule has 0 N–H and O–H groups in total. The first-order valence-corrected chi connectivity index (χ1v) is 13.7. The number of ether oxygens (including phenoxy) is 2. The number of para-hydroxylation sites is 2. The highest BCUT2D eigenvalue weighted by Gasteiger charge is 2.21. The maximum atomic E-state index is 13.6. The van der Waals surface area contributed by atoms with Gasteiger partial charge in [-0.05, 0) is 58.6 Å². The fourth-order valence-electron chi connectivity index (χ4n) is 3.99. The van der Waals surface area contributed by atoms with Crippen molar-refractivity contribution in [2.45, 2.75) is 27.7 Å². The lowest BCUT2D eigenvalue weighted by atomic mass is 9.99. The van der Waals surface area contributed by atoms with E-state index in [9.17, 15) is 4.79 Å². The van der Waals surface area contributed by atoms with Crippen LogP contribution in [-0.4, -0.2) is 29.1 Å². The molecule has 2 heterocycles. The second kappa shape index (κ2) is 10.9. The first kappa shape index (κ1) is 27.0. The third-order valence-electron chi connectivity index (χ3n) is 5.82. The summed E-state index contributed by atoms with van der Waals surface area (Å²) < 4.78 is 19.8. The molecule has 9 heteroatoms. The highest BCUT2D eigenvalue weighted by Crippen LogP contribution is 2.43. The smallest absolute Gasteiger partial charge is 0.282 e. The molecule has 200 valence electrons. The van der Waals surface area contributed by atoms with Crippen LogP contribution < -0.4 is 15.0 Å². The van der Waals surface area contributed by atoms with Crippen LogP contribution in [-0.2, 0) is 0 Å². The minimum atomic E-state index is -0.329. The van der Waals surface area contributed by atoms with E-state index in [0.717, 1.165) is 5.39 Å². The van der Waals surface area contributed by atoms with Gasteiger partial charge in [-0.3, -0.25) is 4.79 Å². The molecule has 7 nitrogen and oxygen atoms in total. The number of benzene rings is 3. The van der Waals surface area contributed by atoms with E-state index >= 15 is 0 Å².